The fraction of sp³-hybridized carbons (Fsp3) is 0.278. The van der Waals surface area contributed by atoms with E-state index in [0.29, 0.717) is 11.1 Å². The van der Waals surface area contributed by atoms with E-state index in [-0.39, 0.29) is 29.5 Å². The molecule has 2 rings (SSSR count). The number of alkyl halides is 3. The van der Waals surface area contributed by atoms with Crippen LogP contribution in [0.15, 0.2) is 36.4 Å². The number of halogens is 4. The van der Waals surface area contributed by atoms with Crippen LogP contribution in [0.5, 0.6) is 11.5 Å². The van der Waals surface area contributed by atoms with E-state index >= 15 is 0 Å². The number of hydrogen-bond acceptors (Lipinski definition) is 3. The molecule has 0 aromatic heterocycles. The Balaban J connectivity index is 2.28. The summed E-state index contributed by atoms with van der Waals surface area (Å²) in [6, 6.07) is 8.59. The highest BCUT2D eigenvalue weighted by Gasteiger charge is 2.35. The van der Waals surface area contributed by atoms with Crippen molar-refractivity contribution in [3.63, 3.8) is 0 Å². The molecular weight excluding hydrogens is 357 g/mol. The summed E-state index contributed by atoms with van der Waals surface area (Å²) < 4.78 is 50.1. The minimum absolute atomic E-state index is 0.175. The average Bonchev–Trinajstić information content (AvgIpc) is 2.55. The summed E-state index contributed by atoms with van der Waals surface area (Å²) in [6.07, 6.45) is -4.39. The van der Waals surface area contributed by atoms with E-state index < -0.39 is 17.7 Å². The highest BCUT2D eigenvalue weighted by atomic mass is 35.5. The van der Waals surface area contributed by atoms with Crippen molar-refractivity contribution >= 4 is 17.6 Å². The van der Waals surface area contributed by atoms with Gasteiger partial charge in [0, 0.05) is 17.0 Å². The van der Waals surface area contributed by atoms with E-state index in [4.69, 9.17) is 21.1 Å². The molecule has 0 N–H and O–H groups in total. The summed E-state index contributed by atoms with van der Waals surface area (Å²) in [7, 11) is 0. The van der Waals surface area contributed by atoms with Gasteiger partial charge in [0.05, 0.1) is 5.56 Å². The molecular formula is C18H16ClF3O3. The third kappa shape index (κ3) is 4.89. The first-order valence-electron chi connectivity index (χ1n) is 7.51. The summed E-state index contributed by atoms with van der Waals surface area (Å²) in [5.41, 5.74) is -0.148. The van der Waals surface area contributed by atoms with Crippen LogP contribution in [0.3, 0.4) is 0 Å². The fourth-order valence-electron chi connectivity index (χ4n) is 2.08. The Kier molecular flexibility index (Phi) is 5.95. The summed E-state index contributed by atoms with van der Waals surface area (Å²) >= 11 is 5.92. The van der Waals surface area contributed by atoms with Gasteiger partial charge in [-0.15, -0.1) is 0 Å². The summed E-state index contributed by atoms with van der Waals surface area (Å²) in [5.74, 6) is -0.567. The molecule has 0 saturated carbocycles. The molecule has 0 atom stereocenters. The van der Waals surface area contributed by atoms with Gasteiger partial charge in [0.25, 0.3) is 0 Å². The molecule has 3 nitrogen and oxygen atoms in total. The van der Waals surface area contributed by atoms with Crippen molar-refractivity contribution in [3.05, 3.63) is 58.1 Å². The Bertz CT molecular complexity index is 773. The van der Waals surface area contributed by atoms with Gasteiger partial charge in [0.2, 0.25) is 0 Å². The van der Waals surface area contributed by atoms with Crippen molar-refractivity contribution in [2.24, 2.45) is 0 Å². The van der Waals surface area contributed by atoms with Gasteiger partial charge in [-0.25, -0.2) is 0 Å². The second-order valence-corrected chi connectivity index (χ2v) is 5.73. The van der Waals surface area contributed by atoms with Crippen LogP contribution in [0.2, 0.25) is 5.02 Å². The fourth-order valence-corrected chi connectivity index (χ4v) is 2.23. The lowest BCUT2D eigenvalue weighted by molar-refractivity contribution is -0.139. The maximum absolute atomic E-state index is 13.2. The lowest BCUT2D eigenvalue weighted by Crippen LogP contribution is -2.11. The second-order valence-electron chi connectivity index (χ2n) is 5.32. The van der Waals surface area contributed by atoms with Gasteiger partial charge in [-0.3, -0.25) is 4.79 Å². The first kappa shape index (κ1) is 19.1. The molecule has 0 aliphatic heterocycles. The summed E-state index contributed by atoms with van der Waals surface area (Å²) in [5, 5.41) is 0.175. The van der Waals surface area contributed by atoms with Gasteiger partial charge in [-0.1, -0.05) is 36.7 Å². The Morgan fingerprint density at radius 3 is 2.48 bits per heavy atom. The molecule has 0 amide bonds. The molecule has 2 aromatic rings. The molecule has 0 heterocycles. The Morgan fingerprint density at radius 1 is 1.16 bits per heavy atom. The van der Waals surface area contributed by atoms with E-state index in [9.17, 15) is 18.0 Å². The monoisotopic (exact) mass is 372 g/mol. The van der Waals surface area contributed by atoms with E-state index in [1.165, 1.54) is 6.92 Å². The predicted octanol–water partition coefficient (Wildman–Crippen LogP) is 5.56. The van der Waals surface area contributed by atoms with Crippen molar-refractivity contribution in [1.82, 2.24) is 0 Å². The molecule has 0 saturated heterocycles. The SMILES string of the molecule is CCC(=O)Oc1ccccc1COc1cc(Cl)c(C)cc1C(F)(F)F. The van der Waals surface area contributed by atoms with E-state index in [1.54, 1.807) is 31.2 Å². The third-order valence-electron chi connectivity index (χ3n) is 3.43. The van der Waals surface area contributed by atoms with Crippen LogP contribution in [0, 0.1) is 6.92 Å². The van der Waals surface area contributed by atoms with Crippen LogP contribution < -0.4 is 9.47 Å². The second kappa shape index (κ2) is 7.78. The molecule has 7 heteroatoms. The first-order valence-corrected chi connectivity index (χ1v) is 7.89. The zero-order valence-corrected chi connectivity index (χ0v) is 14.4. The number of esters is 1. The van der Waals surface area contributed by atoms with Crippen LogP contribution in [-0.2, 0) is 17.6 Å². The summed E-state index contributed by atoms with van der Waals surface area (Å²) in [4.78, 5) is 11.4. The maximum Gasteiger partial charge on any atom is 0.419 e. The summed E-state index contributed by atoms with van der Waals surface area (Å²) in [6.45, 7) is 2.93. The molecule has 0 bridgehead atoms. The van der Waals surface area contributed by atoms with Crippen LogP contribution in [0.4, 0.5) is 13.2 Å². The normalized spacial score (nSPS) is 11.3. The van der Waals surface area contributed by atoms with Crippen molar-refractivity contribution in [2.75, 3.05) is 0 Å². The minimum Gasteiger partial charge on any atom is -0.488 e. The maximum atomic E-state index is 13.2. The lowest BCUT2D eigenvalue weighted by Gasteiger charge is -2.16. The van der Waals surface area contributed by atoms with Crippen LogP contribution in [0.1, 0.15) is 30.0 Å². The Morgan fingerprint density at radius 2 is 1.84 bits per heavy atom. The quantitative estimate of drug-likeness (QED) is 0.509. The number of aryl methyl sites for hydroxylation is 1. The standard InChI is InChI=1S/C18H16ClF3O3/c1-3-17(23)25-15-7-5-4-6-12(15)10-24-16-9-14(19)11(2)8-13(16)18(20,21)22/h4-9H,3,10H2,1-2H3. The van der Waals surface area contributed by atoms with Crippen LogP contribution >= 0.6 is 11.6 Å². The topological polar surface area (TPSA) is 35.5 Å². The highest BCUT2D eigenvalue weighted by Crippen LogP contribution is 2.39. The third-order valence-corrected chi connectivity index (χ3v) is 3.84. The minimum atomic E-state index is -4.57. The van der Waals surface area contributed by atoms with Gasteiger partial charge in [-0.2, -0.15) is 13.2 Å². The van der Waals surface area contributed by atoms with Crippen molar-refractivity contribution < 1.29 is 27.4 Å². The van der Waals surface area contributed by atoms with Crippen molar-refractivity contribution in [3.8, 4) is 11.5 Å². The molecule has 25 heavy (non-hydrogen) atoms. The number of ether oxygens (including phenoxy) is 2. The molecule has 0 aliphatic rings. The van der Waals surface area contributed by atoms with E-state index in [1.807, 2.05) is 0 Å². The number of benzene rings is 2. The molecule has 0 spiro atoms. The predicted molar refractivity (Wildman–Crippen MR) is 87.9 cm³/mol. The van der Waals surface area contributed by atoms with Gasteiger partial charge < -0.3 is 9.47 Å². The Labute approximate surface area is 148 Å². The number of carbonyl (C=O) groups excluding carboxylic acids is 1. The number of para-hydroxylation sites is 1. The molecule has 0 radical (unpaired) electrons. The zero-order chi connectivity index (χ0) is 18.6. The smallest absolute Gasteiger partial charge is 0.419 e. The number of carbonyl (C=O) groups is 1. The number of rotatable bonds is 5. The van der Waals surface area contributed by atoms with E-state index in [2.05, 4.69) is 0 Å². The molecule has 0 aliphatic carbocycles. The molecule has 134 valence electrons. The molecule has 0 unspecified atom stereocenters. The Hall–Kier alpha value is -2.21. The van der Waals surface area contributed by atoms with Crippen LogP contribution in [0.25, 0.3) is 0 Å². The zero-order valence-electron chi connectivity index (χ0n) is 13.6. The van der Waals surface area contributed by atoms with Gasteiger partial charge in [0.1, 0.15) is 18.1 Å². The van der Waals surface area contributed by atoms with Gasteiger partial charge >= 0.3 is 12.1 Å². The van der Waals surface area contributed by atoms with E-state index in [0.717, 1.165) is 12.1 Å². The van der Waals surface area contributed by atoms with Crippen LogP contribution in [-0.4, -0.2) is 5.97 Å². The van der Waals surface area contributed by atoms with Gasteiger partial charge in [0.15, 0.2) is 0 Å². The number of hydrogen-bond donors (Lipinski definition) is 0. The van der Waals surface area contributed by atoms with Crippen molar-refractivity contribution in [2.45, 2.75) is 33.1 Å². The molecule has 2 aromatic carbocycles. The molecule has 0 fully saturated rings. The highest BCUT2D eigenvalue weighted by molar-refractivity contribution is 6.31. The largest absolute Gasteiger partial charge is 0.488 e. The first-order chi connectivity index (χ1) is 11.7. The van der Waals surface area contributed by atoms with Crippen molar-refractivity contribution in [1.29, 1.82) is 0 Å². The lowest BCUT2D eigenvalue weighted by atomic mass is 10.1. The van der Waals surface area contributed by atoms with Gasteiger partial charge in [-0.05, 0) is 30.7 Å². The average molecular weight is 373 g/mol.